The van der Waals surface area contributed by atoms with E-state index in [4.69, 9.17) is 21.8 Å². The Hall–Kier alpha value is -2.08. The van der Waals surface area contributed by atoms with Crippen molar-refractivity contribution in [3.8, 4) is 17.0 Å². The van der Waals surface area contributed by atoms with Crippen LogP contribution in [0.2, 0.25) is 5.02 Å². The zero-order valence-corrected chi connectivity index (χ0v) is 8.90. The molecule has 2 N–H and O–H groups in total. The van der Waals surface area contributed by atoms with Crippen LogP contribution in [0.5, 0.6) is 5.75 Å². The Balaban J connectivity index is 2.52. The lowest BCUT2D eigenvalue weighted by molar-refractivity contribution is 0.0652. The first-order valence-corrected chi connectivity index (χ1v) is 4.75. The molecule has 0 aliphatic rings. The van der Waals surface area contributed by atoms with Crippen molar-refractivity contribution in [3.63, 3.8) is 0 Å². The summed E-state index contributed by atoms with van der Waals surface area (Å²) < 4.78 is 18.0. The summed E-state index contributed by atoms with van der Waals surface area (Å²) >= 11 is 5.61. The van der Waals surface area contributed by atoms with Crippen molar-refractivity contribution in [3.05, 3.63) is 34.8 Å². The van der Waals surface area contributed by atoms with Gasteiger partial charge in [-0.25, -0.2) is 9.18 Å². The van der Waals surface area contributed by atoms with Crippen molar-refractivity contribution in [2.75, 3.05) is 0 Å². The van der Waals surface area contributed by atoms with E-state index in [0.29, 0.717) is 0 Å². The molecule has 0 radical (unpaired) electrons. The van der Waals surface area contributed by atoms with Crippen LogP contribution in [0, 0.1) is 5.82 Å². The van der Waals surface area contributed by atoms with Gasteiger partial charge in [0, 0.05) is 17.7 Å². The van der Waals surface area contributed by atoms with Crippen LogP contribution in [0.3, 0.4) is 0 Å². The Morgan fingerprint density at radius 3 is 2.71 bits per heavy atom. The van der Waals surface area contributed by atoms with Crippen molar-refractivity contribution in [2.45, 2.75) is 0 Å². The average molecular weight is 258 g/mol. The third-order valence-electron chi connectivity index (χ3n) is 2.03. The number of hydrogen-bond acceptors (Lipinski definition) is 4. The molecule has 2 aromatic rings. The molecule has 88 valence electrons. The summed E-state index contributed by atoms with van der Waals surface area (Å²) in [5.41, 5.74) is -0.0640. The minimum absolute atomic E-state index is 0.0122. The highest BCUT2D eigenvalue weighted by Gasteiger charge is 2.16. The van der Waals surface area contributed by atoms with Crippen molar-refractivity contribution in [1.82, 2.24) is 5.16 Å². The minimum atomic E-state index is -1.31. The summed E-state index contributed by atoms with van der Waals surface area (Å²) in [6.07, 6.45) is 0. The molecule has 17 heavy (non-hydrogen) atoms. The summed E-state index contributed by atoms with van der Waals surface area (Å²) in [4.78, 5) is 10.6. The van der Waals surface area contributed by atoms with E-state index in [0.717, 1.165) is 18.2 Å². The topological polar surface area (TPSA) is 83.6 Å². The Labute approximate surface area is 99.0 Å². The maximum absolute atomic E-state index is 13.5. The highest BCUT2D eigenvalue weighted by molar-refractivity contribution is 6.32. The molecule has 5 nitrogen and oxygen atoms in total. The number of aromatic carboxylic acids is 1. The summed E-state index contributed by atoms with van der Waals surface area (Å²) in [5, 5.41) is 21.1. The molecular formula is C10H5ClFNO4. The molecule has 1 heterocycles. The van der Waals surface area contributed by atoms with E-state index in [9.17, 15) is 9.18 Å². The minimum Gasteiger partial charge on any atom is -0.506 e. The molecular weight excluding hydrogens is 253 g/mol. The lowest BCUT2D eigenvalue weighted by atomic mass is 10.1. The zero-order valence-electron chi connectivity index (χ0n) is 8.15. The van der Waals surface area contributed by atoms with Gasteiger partial charge in [-0.3, -0.25) is 0 Å². The van der Waals surface area contributed by atoms with E-state index < -0.39 is 23.3 Å². The molecule has 7 heteroatoms. The summed E-state index contributed by atoms with van der Waals surface area (Å²) in [6.45, 7) is 0. The largest absolute Gasteiger partial charge is 0.506 e. The van der Waals surface area contributed by atoms with Gasteiger partial charge in [-0.1, -0.05) is 16.8 Å². The van der Waals surface area contributed by atoms with E-state index in [-0.39, 0.29) is 16.3 Å². The van der Waals surface area contributed by atoms with Crippen molar-refractivity contribution < 1.29 is 23.9 Å². The number of nitrogens with zero attached hydrogens (tertiary/aromatic N) is 1. The van der Waals surface area contributed by atoms with Crippen molar-refractivity contribution >= 4 is 17.6 Å². The first-order chi connectivity index (χ1) is 7.99. The van der Waals surface area contributed by atoms with Gasteiger partial charge in [-0.15, -0.1) is 0 Å². The third-order valence-corrected chi connectivity index (χ3v) is 2.34. The zero-order chi connectivity index (χ0) is 12.6. The molecule has 1 aromatic heterocycles. The maximum Gasteiger partial charge on any atom is 0.374 e. The van der Waals surface area contributed by atoms with E-state index in [2.05, 4.69) is 9.68 Å². The predicted octanol–water partition coefficient (Wildman–Crippen LogP) is 2.54. The normalized spacial score (nSPS) is 10.5. The van der Waals surface area contributed by atoms with Crippen LogP contribution < -0.4 is 0 Å². The molecule has 0 spiro atoms. The second kappa shape index (κ2) is 4.06. The highest BCUT2D eigenvalue weighted by atomic mass is 35.5. The number of aromatic hydroxyl groups is 1. The molecule has 0 bridgehead atoms. The Morgan fingerprint density at radius 1 is 1.41 bits per heavy atom. The van der Waals surface area contributed by atoms with Crippen LogP contribution in [0.25, 0.3) is 11.3 Å². The number of carbonyl (C=O) groups is 1. The first-order valence-electron chi connectivity index (χ1n) is 4.37. The molecule has 0 atom stereocenters. The van der Waals surface area contributed by atoms with Gasteiger partial charge in [-0.2, -0.15) is 0 Å². The van der Waals surface area contributed by atoms with Gasteiger partial charge >= 0.3 is 5.97 Å². The number of benzene rings is 1. The molecule has 0 aliphatic heterocycles. The summed E-state index contributed by atoms with van der Waals surface area (Å²) in [7, 11) is 0. The van der Waals surface area contributed by atoms with Crippen LogP contribution >= 0.6 is 11.6 Å². The third kappa shape index (κ3) is 2.07. The number of phenols is 1. The maximum atomic E-state index is 13.5. The predicted molar refractivity (Wildman–Crippen MR) is 55.5 cm³/mol. The van der Waals surface area contributed by atoms with Crippen molar-refractivity contribution in [2.24, 2.45) is 0 Å². The number of hydrogen-bond donors (Lipinski definition) is 2. The van der Waals surface area contributed by atoms with Crippen LogP contribution in [0.15, 0.2) is 22.7 Å². The molecule has 0 amide bonds. The Morgan fingerprint density at radius 2 is 2.12 bits per heavy atom. The van der Waals surface area contributed by atoms with E-state index >= 15 is 0 Å². The fourth-order valence-electron chi connectivity index (χ4n) is 1.24. The van der Waals surface area contributed by atoms with Crippen molar-refractivity contribution in [1.29, 1.82) is 0 Å². The number of aromatic nitrogens is 1. The second-order valence-corrected chi connectivity index (χ2v) is 3.57. The molecule has 0 saturated carbocycles. The molecule has 0 saturated heterocycles. The number of phenolic OH excluding ortho intramolecular Hbond substituents is 1. The standard InChI is InChI=1S/C10H5ClFNO4/c11-5-1-4(6(12)2-8(5)14)7-3-9(10(15)16)17-13-7/h1-3,14H,(H,15,16). The number of rotatable bonds is 2. The molecule has 0 unspecified atom stereocenters. The van der Waals surface area contributed by atoms with Gasteiger partial charge in [0.25, 0.3) is 0 Å². The number of halogens is 2. The Kier molecular flexibility index (Phi) is 2.72. The molecule has 1 aromatic carbocycles. The first kappa shape index (κ1) is 11.4. The van der Waals surface area contributed by atoms with Crippen LogP contribution in [-0.4, -0.2) is 21.3 Å². The van der Waals surface area contributed by atoms with E-state index in [1.165, 1.54) is 0 Å². The van der Waals surface area contributed by atoms with Gasteiger partial charge in [0.2, 0.25) is 5.76 Å². The second-order valence-electron chi connectivity index (χ2n) is 3.17. The van der Waals surface area contributed by atoms with Gasteiger partial charge in [-0.05, 0) is 6.07 Å². The lowest BCUT2D eigenvalue weighted by Gasteiger charge is -2.01. The Bertz CT molecular complexity index is 596. The van der Waals surface area contributed by atoms with E-state index in [1.807, 2.05) is 0 Å². The van der Waals surface area contributed by atoms with Gasteiger partial charge in [0.15, 0.2) is 0 Å². The van der Waals surface area contributed by atoms with E-state index in [1.54, 1.807) is 0 Å². The van der Waals surface area contributed by atoms with Crippen LogP contribution in [-0.2, 0) is 0 Å². The monoisotopic (exact) mass is 257 g/mol. The fourth-order valence-corrected chi connectivity index (χ4v) is 1.40. The summed E-state index contributed by atoms with van der Waals surface area (Å²) in [6, 6.07) is 3.01. The summed E-state index contributed by atoms with van der Waals surface area (Å²) in [5.74, 6) is -2.91. The van der Waals surface area contributed by atoms with Gasteiger partial charge in [0.1, 0.15) is 17.3 Å². The smallest absolute Gasteiger partial charge is 0.374 e. The van der Waals surface area contributed by atoms with Gasteiger partial charge < -0.3 is 14.7 Å². The molecule has 2 rings (SSSR count). The molecule has 0 aliphatic carbocycles. The SMILES string of the molecule is O=C(O)c1cc(-c2cc(Cl)c(O)cc2F)no1. The molecule has 0 fully saturated rings. The highest BCUT2D eigenvalue weighted by Crippen LogP contribution is 2.31. The average Bonchev–Trinajstić information content (AvgIpc) is 2.72. The van der Waals surface area contributed by atoms with Crippen LogP contribution in [0.1, 0.15) is 10.6 Å². The van der Waals surface area contributed by atoms with Gasteiger partial charge in [0.05, 0.1) is 5.02 Å². The lowest BCUT2D eigenvalue weighted by Crippen LogP contribution is -1.91. The van der Waals surface area contributed by atoms with Crippen LogP contribution in [0.4, 0.5) is 4.39 Å². The number of carboxylic acids is 1. The quantitative estimate of drug-likeness (QED) is 0.864. The fraction of sp³-hybridized carbons (Fsp3) is 0. The number of carboxylic acid groups (broad SMARTS) is 1.